The molecule has 3 atom stereocenters. The Morgan fingerprint density at radius 1 is 1.05 bits per heavy atom. The molecule has 0 spiro atoms. The molecule has 3 unspecified atom stereocenters. The van der Waals surface area contributed by atoms with Crippen molar-refractivity contribution in [3.63, 3.8) is 0 Å². The van der Waals surface area contributed by atoms with Gasteiger partial charge in [-0.1, -0.05) is 13.3 Å². The standard InChI is InChI=1S/C17H33N3O/c1-2-18-17(14-21)8-6-15(12-17)20-11-7-16(13-20)19-9-4-3-5-10-19/h15-16,18,21H,2-14H2,1H3. The predicted octanol–water partition coefficient (Wildman–Crippen LogP) is 1.44. The second-order valence-electron chi connectivity index (χ2n) is 7.40. The van der Waals surface area contributed by atoms with Gasteiger partial charge < -0.3 is 10.4 Å². The maximum atomic E-state index is 9.77. The van der Waals surface area contributed by atoms with E-state index in [0.717, 1.165) is 25.4 Å². The molecule has 122 valence electrons. The number of nitrogens with zero attached hydrogens (tertiary/aromatic N) is 2. The fourth-order valence-corrected chi connectivity index (χ4v) is 4.83. The Balaban J connectivity index is 1.52. The molecule has 3 rings (SSSR count). The zero-order valence-corrected chi connectivity index (χ0v) is 13.7. The smallest absolute Gasteiger partial charge is 0.0613 e. The summed E-state index contributed by atoms with van der Waals surface area (Å²) in [5, 5.41) is 13.3. The molecule has 1 saturated carbocycles. The number of likely N-dealkylation sites (tertiary alicyclic amines) is 2. The van der Waals surface area contributed by atoms with Crippen molar-refractivity contribution in [2.75, 3.05) is 39.3 Å². The highest BCUT2D eigenvalue weighted by Gasteiger charge is 2.42. The number of aliphatic hydroxyl groups excluding tert-OH is 1. The van der Waals surface area contributed by atoms with Gasteiger partial charge in [-0.05, 0) is 58.2 Å². The van der Waals surface area contributed by atoms with Crippen LogP contribution in [0.5, 0.6) is 0 Å². The maximum Gasteiger partial charge on any atom is 0.0613 e. The third-order valence-corrected chi connectivity index (χ3v) is 6.06. The lowest BCUT2D eigenvalue weighted by molar-refractivity contribution is 0.138. The summed E-state index contributed by atoms with van der Waals surface area (Å²) in [4.78, 5) is 5.45. The molecular formula is C17H33N3O. The summed E-state index contributed by atoms with van der Waals surface area (Å²) in [5.41, 5.74) is 0.00261. The summed E-state index contributed by atoms with van der Waals surface area (Å²) in [6.07, 6.45) is 9.08. The van der Waals surface area contributed by atoms with Crippen LogP contribution in [0.1, 0.15) is 51.9 Å². The van der Waals surface area contributed by atoms with Crippen LogP contribution in [0.15, 0.2) is 0 Å². The van der Waals surface area contributed by atoms with Crippen molar-refractivity contribution in [1.82, 2.24) is 15.1 Å². The number of aliphatic hydroxyl groups is 1. The second kappa shape index (κ2) is 6.95. The zero-order valence-electron chi connectivity index (χ0n) is 13.7. The molecular weight excluding hydrogens is 262 g/mol. The molecule has 3 aliphatic rings. The molecule has 2 aliphatic heterocycles. The molecule has 2 N–H and O–H groups in total. The molecule has 2 saturated heterocycles. The van der Waals surface area contributed by atoms with Crippen molar-refractivity contribution >= 4 is 0 Å². The molecule has 0 amide bonds. The Bertz CT molecular complexity index is 332. The summed E-state index contributed by atoms with van der Waals surface area (Å²) in [6, 6.07) is 1.49. The van der Waals surface area contributed by atoms with Crippen molar-refractivity contribution in [2.24, 2.45) is 0 Å². The van der Waals surface area contributed by atoms with Gasteiger partial charge in [0.25, 0.3) is 0 Å². The Kier molecular flexibility index (Phi) is 5.20. The predicted molar refractivity (Wildman–Crippen MR) is 86.5 cm³/mol. The quantitative estimate of drug-likeness (QED) is 0.805. The minimum Gasteiger partial charge on any atom is -0.394 e. The molecule has 2 heterocycles. The molecule has 0 radical (unpaired) electrons. The van der Waals surface area contributed by atoms with Crippen molar-refractivity contribution in [1.29, 1.82) is 0 Å². The van der Waals surface area contributed by atoms with Gasteiger partial charge in [-0.3, -0.25) is 9.80 Å². The average molecular weight is 295 g/mol. The van der Waals surface area contributed by atoms with Crippen molar-refractivity contribution < 1.29 is 5.11 Å². The highest BCUT2D eigenvalue weighted by Crippen LogP contribution is 2.35. The molecule has 4 nitrogen and oxygen atoms in total. The Labute approximate surface area is 129 Å². The van der Waals surface area contributed by atoms with Gasteiger partial charge in [0.05, 0.1) is 6.61 Å². The highest BCUT2D eigenvalue weighted by molar-refractivity contribution is 5.01. The van der Waals surface area contributed by atoms with Crippen LogP contribution in [0, 0.1) is 0 Å². The fraction of sp³-hybridized carbons (Fsp3) is 1.00. The van der Waals surface area contributed by atoms with Gasteiger partial charge in [0.1, 0.15) is 0 Å². The van der Waals surface area contributed by atoms with Gasteiger partial charge in [0, 0.05) is 30.7 Å². The van der Waals surface area contributed by atoms with E-state index in [0.29, 0.717) is 12.6 Å². The van der Waals surface area contributed by atoms with E-state index >= 15 is 0 Å². The largest absolute Gasteiger partial charge is 0.394 e. The highest BCUT2D eigenvalue weighted by atomic mass is 16.3. The van der Waals surface area contributed by atoms with Gasteiger partial charge in [-0.25, -0.2) is 0 Å². The van der Waals surface area contributed by atoms with Gasteiger partial charge in [0.2, 0.25) is 0 Å². The van der Waals surface area contributed by atoms with E-state index in [4.69, 9.17) is 0 Å². The van der Waals surface area contributed by atoms with Crippen molar-refractivity contribution in [3.05, 3.63) is 0 Å². The van der Waals surface area contributed by atoms with Crippen LogP contribution in [0.25, 0.3) is 0 Å². The molecule has 3 fully saturated rings. The number of likely N-dealkylation sites (N-methyl/N-ethyl adjacent to an activating group) is 1. The Morgan fingerprint density at radius 2 is 1.86 bits per heavy atom. The van der Waals surface area contributed by atoms with Crippen molar-refractivity contribution in [3.8, 4) is 0 Å². The number of hydrogen-bond donors (Lipinski definition) is 2. The van der Waals surface area contributed by atoms with Crippen LogP contribution < -0.4 is 5.32 Å². The topological polar surface area (TPSA) is 38.7 Å². The lowest BCUT2D eigenvalue weighted by Crippen LogP contribution is -2.48. The molecule has 0 aromatic heterocycles. The van der Waals surface area contributed by atoms with Crippen LogP contribution >= 0.6 is 0 Å². The van der Waals surface area contributed by atoms with E-state index in [1.165, 1.54) is 58.3 Å². The summed E-state index contributed by atoms with van der Waals surface area (Å²) in [6.45, 7) is 8.57. The minimum absolute atomic E-state index is 0.00261. The lowest BCUT2D eigenvalue weighted by Gasteiger charge is -2.33. The third-order valence-electron chi connectivity index (χ3n) is 6.06. The van der Waals surface area contributed by atoms with E-state index in [1.807, 2.05) is 0 Å². The van der Waals surface area contributed by atoms with Gasteiger partial charge in [0.15, 0.2) is 0 Å². The van der Waals surface area contributed by atoms with E-state index < -0.39 is 0 Å². The summed E-state index contributed by atoms with van der Waals surface area (Å²) >= 11 is 0. The Hall–Kier alpha value is -0.160. The van der Waals surface area contributed by atoms with Gasteiger partial charge >= 0.3 is 0 Å². The molecule has 0 aromatic carbocycles. The molecule has 0 aromatic rings. The average Bonchev–Trinajstić information content (AvgIpc) is 3.16. The first-order valence-electron chi connectivity index (χ1n) is 9.10. The van der Waals surface area contributed by atoms with Crippen LogP contribution in [0.3, 0.4) is 0 Å². The first-order chi connectivity index (χ1) is 10.3. The number of hydrogen-bond acceptors (Lipinski definition) is 4. The SMILES string of the molecule is CCNC1(CO)CCC(N2CCC(N3CCCCC3)C2)C1. The maximum absolute atomic E-state index is 9.77. The minimum atomic E-state index is 0.00261. The van der Waals surface area contributed by atoms with Gasteiger partial charge in [-0.2, -0.15) is 0 Å². The second-order valence-corrected chi connectivity index (χ2v) is 7.40. The zero-order chi connectivity index (χ0) is 14.7. The van der Waals surface area contributed by atoms with E-state index in [-0.39, 0.29) is 5.54 Å². The first-order valence-corrected chi connectivity index (χ1v) is 9.10. The van der Waals surface area contributed by atoms with Gasteiger partial charge in [-0.15, -0.1) is 0 Å². The van der Waals surface area contributed by atoms with E-state index in [1.54, 1.807) is 0 Å². The van der Waals surface area contributed by atoms with Crippen LogP contribution in [0.2, 0.25) is 0 Å². The first kappa shape index (κ1) is 15.7. The lowest BCUT2D eigenvalue weighted by atomic mass is 9.98. The number of nitrogens with one attached hydrogen (secondary N) is 1. The van der Waals surface area contributed by atoms with Crippen molar-refractivity contribution in [2.45, 2.75) is 69.5 Å². The summed E-state index contributed by atoms with van der Waals surface area (Å²) in [5.74, 6) is 0. The summed E-state index contributed by atoms with van der Waals surface area (Å²) in [7, 11) is 0. The monoisotopic (exact) mass is 295 g/mol. The van der Waals surface area contributed by atoms with Crippen LogP contribution in [-0.4, -0.2) is 71.9 Å². The molecule has 4 heteroatoms. The third kappa shape index (κ3) is 3.44. The molecule has 0 bridgehead atoms. The normalized spacial score (nSPS) is 39.1. The van der Waals surface area contributed by atoms with Crippen LogP contribution in [0.4, 0.5) is 0 Å². The number of rotatable bonds is 5. The summed E-state index contributed by atoms with van der Waals surface area (Å²) < 4.78 is 0. The molecule has 1 aliphatic carbocycles. The molecule has 21 heavy (non-hydrogen) atoms. The van der Waals surface area contributed by atoms with E-state index in [9.17, 15) is 5.11 Å². The van der Waals surface area contributed by atoms with Crippen LogP contribution in [-0.2, 0) is 0 Å². The van der Waals surface area contributed by atoms with E-state index in [2.05, 4.69) is 22.0 Å². The number of piperidine rings is 1. The fourth-order valence-electron chi connectivity index (χ4n) is 4.83. The Morgan fingerprint density at radius 3 is 2.57 bits per heavy atom.